The second kappa shape index (κ2) is 9.97. The number of aliphatic carboxylic acids is 1. The van der Waals surface area contributed by atoms with E-state index in [0.717, 1.165) is 24.8 Å². The van der Waals surface area contributed by atoms with E-state index in [0.29, 0.717) is 23.4 Å². The van der Waals surface area contributed by atoms with Gasteiger partial charge in [-0.1, -0.05) is 30.3 Å². The van der Waals surface area contributed by atoms with Crippen LogP contribution in [-0.4, -0.2) is 23.5 Å². The standard InChI is InChI=1S/C21H23N3O3/c22-14-16-10-8-15(9-11-16)5-3-4-12-24-21(27)18(13-20(25)26)17-6-1-2-7-19(17)23/h1-2,6-11,18H,3-5,12-13,23H2,(H,24,27)(H,25,26). The summed E-state index contributed by atoms with van der Waals surface area (Å²) in [6.45, 7) is 0.470. The first-order valence-electron chi connectivity index (χ1n) is 8.84. The van der Waals surface area contributed by atoms with Crippen LogP contribution in [0.25, 0.3) is 0 Å². The maximum Gasteiger partial charge on any atom is 0.304 e. The first-order valence-corrected chi connectivity index (χ1v) is 8.84. The number of nitrogens with one attached hydrogen (secondary N) is 1. The SMILES string of the molecule is N#Cc1ccc(CCCCNC(=O)C(CC(=O)O)c2ccccc2N)cc1. The van der Waals surface area contributed by atoms with Gasteiger partial charge in [0.2, 0.25) is 5.91 Å². The van der Waals surface area contributed by atoms with Crippen LogP contribution >= 0.6 is 0 Å². The highest BCUT2D eigenvalue weighted by molar-refractivity contribution is 5.89. The molecule has 6 heteroatoms. The average Bonchev–Trinajstić information content (AvgIpc) is 2.66. The number of aryl methyl sites for hydroxylation is 1. The maximum atomic E-state index is 12.5. The van der Waals surface area contributed by atoms with Crippen molar-refractivity contribution in [3.63, 3.8) is 0 Å². The van der Waals surface area contributed by atoms with Gasteiger partial charge in [-0.15, -0.1) is 0 Å². The maximum absolute atomic E-state index is 12.5. The minimum Gasteiger partial charge on any atom is -0.481 e. The van der Waals surface area contributed by atoms with Gasteiger partial charge in [0.1, 0.15) is 0 Å². The number of carbonyl (C=O) groups is 2. The molecule has 0 aliphatic heterocycles. The lowest BCUT2D eigenvalue weighted by molar-refractivity contribution is -0.139. The van der Waals surface area contributed by atoms with Crippen LogP contribution in [0, 0.1) is 11.3 Å². The lowest BCUT2D eigenvalue weighted by Crippen LogP contribution is -2.32. The Kier molecular flexibility index (Phi) is 7.38. The molecule has 0 heterocycles. The topological polar surface area (TPSA) is 116 Å². The molecule has 1 atom stereocenters. The number of anilines is 1. The number of nitrogens with two attached hydrogens (primary N) is 1. The van der Waals surface area contributed by atoms with Crippen molar-refractivity contribution in [2.24, 2.45) is 0 Å². The van der Waals surface area contributed by atoms with Gasteiger partial charge in [-0.2, -0.15) is 5.26 Å². The third-order valence-electron chi connectivity index (χ3n) is 4.34. The fourth-order valence-electron chi connectivity index (χ4n) is 2.88. The van der Waals surface area contributed by atoms with E-state index in [2.05, 4.69) is 11.4 Å². The Balaban J connectivity index is 1.83. The number of para-hydroxylation sites is 1. The predicted molar refractivity (Wildman–Crippen MR) is 103 cm³/mol. The van der Waals surface area contributed by atoms with Crippen molar-refractivity contribution in [2.75, 3.05) is 12.3 Å². The molecule has 0 bridgehead atoms. The highest BCUT2D eigenvalue weighted by Gasteiger charge is 2.25. The third kappa shape index (κ3) is 6.15. The summed E-state index contributed by atoms with van der Waals surface area (Å²) < 4.78 is 0. The van der Waals surface area contributed by atoms with E-state index in [4.69, 9.17) is 16.1 Å². The third-order valence-corrected chi connectivity index (χ3v) is 4.34. The monoisotopic (exact) mass is 365 g/mol. The fraction of sp³-hybridized carbons (Fsp3) is 0.286. The minimum absolute atomic E-state index is 0.300. The molecule has 27 heavy (non-hydrogen) atoms. The summed E-state index contributed by atoms with van der Waals surface area (Å²) in [5, 5.41) is 20.7. The molecule has 0 radical (unpaired) electrons. The lowest BCUT2D eigenvalue weighted by Gasteiger charge is -2.17. The second-order valence-electron chi connectivity index (χ2n) is 6.34. The molecule has 4 N–H and O–H groups in total. The molecule has 0 saturated heterocycles. The van der Waals surface area contributed by atoms with Crippen LogP contribution in [0.5, 0.6) is 0 Å². The van der Waals surface area contributed by atoms with Crippen LogP contribution in [0.15, 0.2) is 48.5 Å². The van der Waals surface area contributed by atoms with E-state index in [9.17, 15) is 9.59 Å². The number of unbranched alkanes of at least 4 members (excludes halogenated alkanes) is 1. The van der Waals surface area contributed by atoms with Crippen molar-refractivity contribution < 1.29 is 14.7 Å². The number of nitrogen functional groups attached to an aromatic ring is 1. The van der Waals surface area contributed by atoms with Crippen LogP contribution in [-0.2, 0) is 16.0 Å². The number of nitriles is 1. The first kappa shape index (κ1) is 20.0. The van der Waals surface area contributed by atoms with Crippen LogP contribution in [0.4, 0.5) is 5.69 Å². The molecule has 2 rings (SSSR count). The van der Waals surface area contributed by atoms with Gasteiger partial charge in [0.05, 0.1) is 24.0 Å². The molecule has 140 valence electrons. The summed E-state index contributed by atoms with van der Waals surface area (Å²) >= 11 is 0. The van der Waals surface area contributed by atoms with Crippen molar-refractivity contribution >= 4 is 17.6 Å². The molecule has 1 amide bonds. The summed E-state index contributed by atoms with van der Waals surface area (Å²) in [7, 11) is 0. The van der Waals surface area contributed by atoms with E-state index >= 15 is 0 Å². The van der Waals surface area contributed by atoms with Gasteiger partial charge in [-0.3, -0.25) is 9.59 Å². The number of carboxylic acid groups (broad SMARTS) is 1. The van der Waals surface area contributed by atoms with Crippen LogP contribution < -0.4 is 11.1 Å². The van der Waals surface area contributed by atoms with Crippen molar-refractivity contribution in [3.8, 4) is 6.07 Å². The number of amides is 1. The van der Waals surface area contributed by atoms with Crippen LogP contribution in [0.1, 0.15) is 41.9 Å². The fourth-order valence-corrected chi connectivity index (χ4v) is 2.88. The molecule has 0 fully saturated rings. The highest BCUT2D eigenvalue weighted by atomic mass is 16.4. The zero-order valence-electron chi connectivity index (χ0n) is 15.0. The zero-order valence-corrected chi connectivity index (χ0v) is 15.0. The Morgan fingerprint density at radius 1 is 1.11 bits per heavy atom. The summed E-state index contributed by atoms with van der Waals surface area (Å²) in [5.74, 6) is -2.17. The summed E-state index contributed by atoms with van der Waals surface area (Å²) in [6.07, 6.45) is 2.20. The molecule has 6 nitrogen and oxygen atoms in total. The van der Waals surface area contributed by atoms with Crippen molar-refractivity contribution in [3.05, 3.63) is 65.2 Å². The van der Waals surface area contributed by atoms with Crippen LogP contribution in [0.2, 0.25) is 0 Å². The van der Waals surface area contributed by atoms with Gasteiger partial charge in [0.15, 0.2) is 0 Å². The lowest BCUT2D eigenvalue weighted by atomic mass is 9.93. The Bertz CT molecular complexity index is 825. The van der Waals surface area contributed by atoms with Crippen molar-refractivity contribution in [1.29, 1.82) is 5.26 Å². The number of rotatable bonds is 9. The minimum atomic E-state index is -1.04. The Morgan fingerprint density at radius 2 is 1.81 bits per heavy atom. The quantitative estimate of drug-likeness (QED) is 0.467. The Morgan fingerprint density at radius 3 is 2.44 bits per heavy atom. The van der Waals surface area contributed by atoms with E-state index in [1.807, 2.05) is 12.1 Å². The van der Waals surface area contributed by atoms with Gasteiger partial charge >= 0.3 is 5.97 Å². The first-order chi connectivity index (χ1) is 13.0. The van der Waals surface area contributed by atoms with Crippen molar-refractivity contribution in [2.45, 2.75) is 31.6 Å². The predicted octanol–water partition coefficient (Wildman–Crippen LogP) is 2.84. The molecular weight excluding hydrogens is 342 g/mol. The molecule has 0 aliphatic carbocycles. The molecule has 0 spiro atoms. The van der Waals surface area contributed by atoms with E-state index < -0.39 is 11.9 Å². The van der Waals surface area contributed by atoms with Crippen LogP contribution in [0.3, 0.4) is 0 Å². The van der Waals surface area contributed by atoms with E-state index in [1.165, 1.54) is 0 Å². The number of carboxylic acids is 1. The average molecular weight is 365 g/mol. The van der Waals surface area contributed by atoms with Gasteiger partial charge in [-0.05, 0) is 48.6 Å². The Labute approximate surface area is 158 Å². The zero-order chi connectivity index (χ0) is 19.6. The number of benzene rings is 2. The van der Waals surface area contributed by atoms with Gasteiger partial charge in [-0.25, -0.2) is 0 Å². The van der Waals surface area contributed by atoms with Gasteiger partial charge in [0, 0.05) is 12.2 Å². The number of carbonyl (C=O) groups excluding carboxylic acids is 1. The summed E-state index contributed by atoms with van der Waals surface area (Å²) in [6, 6.07) is 16.4. The Hall–Kier alpha value is -3.33. The number of hydrogen-bond acceptors (Lipinski definition) is 4. The van der Waals surface area contributed by atoms with Gasteiger partial charge in [0.25, 0.3) is 0 Å². The molecule has 2 aromatic carbocycles. The normalized spacial score (nSPS) is 11.4. The molecule has 0 aliphatic rings. The largest absolute Gasteiger partial charge is 0.481 e. The van der Waals surface area contributed by atoms with E-state index in [1.54, 1.807) is 36.4 Å². The molecule has 0 aromatic heterocycles. The van der Waals surface area contributed by atoms with Crippen molar-refractivity contribution in [1.82, 2.24) is 5.32 Å². The molecule has 1 unspecified atom stereocenters. The number of hydrogen-bond donors (Lipinski definition) is 3. The molecular formula is C21H23N3O3. The smallest absolute Gasteiger partial charge is 0.304 e. The number of nitrogens with zero attached hydrogens (tertiary/aromatic N) is 1. The summed E-state index contributed by atoms with van der Waals surface area (Å²) in [5.41, 5.74) is 8.63. The van der Waals surface area contributed by atoms with Gasteiger partial charge < -0.3 is 16.2 Å². The van der Waals surface area contributed by atoms with E-state index in [-0.39, 0.29) is 12.3 Å². The molecule has 2 aromatic rings. The second-order valence-corrected chi connectivity index (χ2v) is 6.34. The highest BCUT2D eigenvalue weighted by Crippen LogP contribution is 2.25. The summed E-state index contributed by atoms with van der Waals surface area (Å²) in [4.78, 5) is 23.6. The molecule has 0 saturated carbocycles.